The average molecular weight is 172 g/mol. The Morgan fingerprint density at radius 3 is 2.50 bits per heavy atom. The van der Waals surface area contributed by atoms with Crippen molar-refractivity contribution in [2.75, 3.05) is 6.54 Å². The highest BCUT2D eigenvalue weighted by molar-refractivity contribution is 5.70. The molecule has 0 saturated heterocycles. The molecule has 1 N–H and O–H groups in total. The first-order valence-electron chi connectivity index (χ1n) is 3.77. The van der Waals surface area contributed by atoms with E-state index >= 15 is 0 Å². The molecule has 0 fully saturated rings. The molecule has 0 aliphatic heterocycles. The molecule has 0 aliphatic carbocycles. The highest BCUT2D eigenvalue weighted by Crippen LogP contribution is 2.07. The molecular weight excluding hydrogens is 158 g/mol. The predicted molar refractivity (Wildman–Crippen MR) is 44.2 cm³/mol. The van der Waals surface area contributed by atoms with Gasteiger partial charge in [-0.05, 0) is 20.8 Å². The Hall–Kier alpha value is -1.06. The van der Waals surface area contributed by atoms with Crippen LogP contribution < -0.4 is 5.32 Å². The number of rotatable bonds is 4. The molecule has 4 heteroatoms. The van der Waals surface area contributed by atoms with E-state index in [-0.39, 0.29) is 18.9 Å². The van der Waals surface area contributed by atoms with Crippen molar-refractivity contribution in [2.45, 2.75) is 32.8 Å². The summed E-state index contributed by atoms with van der Waals surface area (Å²) in [4.78, 5) is 20.6. The molecular formula is C8H14NO3. The summed E-state index contributed by atoms with van der Waals surface area (Å²) in [6, 6.07) is 0. The highest BCUT2D eigenvalue weighted by atomic mass is 16.6. The third kappa shape index (κ3) is 7.05. The van der Waals surface area contributed by atoms with Gasteiger partial charge in [0, 0.05) is 6.54 Å². The second-order valence-electron chi connectivity index (χ2n) is 3.37. The summed E-state index contributed by atoms with van der Waals surface area (Å²) in [7, 11) is 0. The van der Waals surface area contributed by atoms with Crippen LogP contribution in [0.4, 0.5) is 0 Å². The molecule has 0 aromatic rings. The van der Waals surface area contributed by atoms with Gasteiger partial charge in [0.05, 0.1) is 6.42 Å². The van der Waals surface area contributed by atoms with Crippen LogP contribution in [-0.4, -0.2) is 24.5 Å². The fraction of sp³-hybridized carbons (Fsp3) is 0.750. The van der Waals surface area contributed by atoms with Crippen LogP contribution in [0, 0.1) is 0 Å². The van der Waals surface area contributed by atoms with E-state index in [1.807, 2.05) is 0 Å². The Morgan fingerprint density at radius 1 is 1.50 bits per heavy atom. The van der Waals surface area contributed by atoms with E-state index < -0.39 is 5.60 Å². The number of carbonyl (C=O) groups excluding carboxylic acids is 2. The Kier molecular flexibility index (Phi) is 4.33. The topological polar surface area (TPSA) is 55.4 Å². The summed E-state index contributed by atoms with van der Waals surface area (Å²) in [5, 5.41) is 2.26. The van der Waals surface area contributed by atoms with Gasteiger partial charge in [0.2, 0.25) is 0 Å². The van der Waals surface area contributed by atoms with Crippen molar-refractivity contribution in [3.05, 3.63) is 0 Å². The molecule has 1 amide bonds. The molecule has 1 radical (unpaired) electrons. The van der Waals surface area contributed by atoms with Gasteiger partial charge in [-0.2, -0.15) is 0 Å². The maximum atomic E-state index is 10.9. The summed E-state index contributed by atoms with van der Waals surface area (Å²) < 4.78 is 4.98. The Morgan fingerprint density at radius 2 is 2.08 bits per heavy atom. The number of ether oxygens (including phenoxy) is 1. The molecule has 12 heavy (non-hydrogen) atoms. The minimum Gasteiger partial charge on any atom is -0.460 e. The van der Waals surface area contributed by atoms with Gasteiger partial charge in [0.25, 0.3) is 0 Å². The van der Waals surface area contributed by atoms with E-state index in [2.05, 4.69) is 5.32 Å². The Bertz CT molecular complexity index is 160. The summed E-state index contributed by atoms with van der Waals surface area (Å²) >= 11 is 0. The normalized spacial score (nSPS) is 10.6. The van der Waals surface area contributed by atoms with Crippen LogP contribution in [0.15, 0.2) is 0 Å². The molecule has 4 nitrogen and oxygen atoms in total. The van der Waals surface area contributed by atoms with Crippen molar-refractivity contribution in [3.63, 3.8) is 0 Å². The third-order valence-electron chi connectivity index (χ3n) is 0.946. The van der Waals surface area contributed by atoms with Gasteiger partial charge in [0.15, 0.2) is 0 Å². The first-order chi connectivity index (χ1) is 5.45. The van der Waals surface area contributed by atoms with E-state index in [1.54, 1.807) is 20.8 Å². The standard InChI is InChI=1S/C8H14NO3/c1-8(2,3)12-7(11)4-5-9-6-10/h4-5H2,1-3H3,(H,9,10). The minimum absolute atomic E-state index is 0.187. The fourth-order valence-electron chi connectivity index (χ4n) is 0.608. The molecule has 0 saturated carbocycles. The van der Waals surface area contributed by atoms with E-state index in [0.29, 0.717) is 0 Å². The maximum absolute atomic E-state index is 10.9. The molecule has 0 aromatic carbocycles. The monoisotopic (exact) mass is 172 g/mol. The lowest BCUT2D eigenvalue weighted by Gasteiger charge is -2.19. The lowest BCUT2D eigenvalue weighted by molar-refractivity contribution is -0.154. The molecule has 0 unspecified atom stereocenters. The van der Waals surface area contributed by atoms with Crippen molar-refractivity contribution in [2.24, 2.45) is 0 Å². The maximum Gasteiger partial charge on any atom is 0.309 e. The number of hydrogen-bond donors (Lipinski definition) is 1. The second kappa shape index (κ2) is 4.74. The number of amides is 1. The van der Waals surface area contributed by atoms with Crippen LogP contribution in [0.25, 0.3) is 0 Å². The van der Waals surface area contributed by atoms with Crippen molar-refractivity contribution in [1.82, 2.24) is 5.32 Å². The summed E-state index contributed by atoms with van der Waals surface area (Å²) in [6.45, 7) is 5.66. The Labute approximate surface area is 72.3 Å². The second-order valence-corrected chi connectivity index (χ2v) is 3.37. The SMILES string of the molecule is CC(C)(C)OC(=O)CCN[C]=O. The molecule has 0 bridgehead atoms. The minimum atomic E-state index is -0.456. The van der Waals surface area contributed by atoms with Crippen LogP contribution in [-0.2, 0) is 14.3 Å². The molecule has 0 rings (SSSR count). The van der Waals surface area contributed by atoms with Gasteiger partial charge in [-0.3, -0.25) is 9.59 Å². The molecule has 0 heterocycles. The summed E-state index contributed by atoms with van der Waals surface area (Å²) in [5.74, 6) is -0.315. The molecule has 0 aromatic heterocycles. The largest absolute Gasteiger partial charge is 0.460 e. The lowest BCUT2D eigenvalue weighted by Crippen LogP contribution is -2.26. The summed E-state index contributed by atoms with van der Waals surface area (Å²) in [5.41, 5.74) is -0.456. The van der Waals surface area contributed by atoms with Crippen molar-refractivity contribution in [3.8, 4) is 0 Å². The van der Waals surface area contributed by atoms with Crippen LogP contribution in [0.2, 0.25) is 0 Å². The van der Waals surface area contributed by atoms with Crippen LogP contribution in [0.5, 0.6) is 0 Å². The first-order valence-corrected chi connectivity index (χ1v) is 3.77. The highest BCUT2D eigenvalue weighted by Gasteiger charge is 2.15. The van der Waals surface area contributed by atoms with Gasteiger partial charge in [0.1, 0.15) is 5.60 Å². The van der Waals surface area contributed by atoms with Gasteiger partial charge in [-0.15, -0.1) is 0 Å². The zero-order valence-electron chi connectivity index (χ0n) is 7.64. The average Bonchev–Trinajstić information content (AvgIpc) is 1.84. The molecule has 0 spiro atoms. The Balaban J connectivity index is 3.53. The zero-order valence-corrected chi connectivity index (χ0v) is 7.64. The van der Waals surface area contributed by atoms with Gasteiger partial charge < -0.3 is 10.1 Å². The number of hydrogen-bond acceptors (Lipinski definition) is 3. The van der Waals surface area contributed by atoms with E-state index in [0.717, 1.165) is 0 Å². The van der Waals surface area contributed by atoms with E-state index in [1.165, 1.54) is 6.41 Å². The predicted octanol–water partition coefficient (Wildman–Crippen LogP) is 0.375. The fourth-order valence-corrected chi connectivity index (χ4v) is 0.608. The summed E-state index contributed by atoms with van der Waals surface area (Å²) in [6.07, 6.45) is 1.67. The number of nitrogens with one attached hydrogen (secondary N) is 1. The quantitative estimate of drug-likeness (QED) is 0.379. The van der Waals surface area contributed by atoms with E-state index in [4.69, 9.17) is 4.74 Å². The van der Waals surface area contributed by atoms with Crippen molar-refractivity contribution < 1.29 is 14.3 Å². The van der Waals surface area contributed by atoms with Crippen LogP contribution >= 0.6 is 0 Å². The molecule has 0 aliphatic rings. The molecule has 69 valence electrons. The number of carbonyl (C=O) groups is 1. The van der Waals surface area contributed by atoms with E-state index in [9.17, 15) is 9.59 Å². The van der Waals surface area contributed by atoms with Crippen molar-refractivity contribution in [1.29, 1.82) is 0 Å². The van der Waals surface area contributed by atoms with Gasteiger partial charge in [-0.1, -0.05) is 0 Å². The molecule has 0 atom stereocenters. The third-order valence-corrected chi connectivity index (χ3v) is 0.946. The van der Waals surface area contributed by atoms with Crippen molar-refractivity contribution >= 4 is 12.4 Å². The lowest BCUT2D eigenvalue weighted by atomic mass is 10.2. The zero-order chi connectivity index (χ0) is 9.61. The smallest absolute Gasteiger partial charge is 0.309 e. The van der Waals surface area contributed by atoms with Crippen LogP contribution in [0.3, 0.4) is 0 Å². The van der Waals surface area contributed by atoms with Crippen LogP contribution in [0.1, 0.15) is 27.2 Å². The van der Waals surface area contributed by atoms with Gasteiger partial charge >= 0.3 is 12.4 Å². The first kappa shape index (κ1) is 10.9. The van der Waals surface area contributed by atoms with Gasteiger partial charge in [-0.25, -0.2) is 0 Å². The number of esters is 1.